The first kappa shape index (κ1) is 22.2. The van der Waals surface area contributed by atoms with E-state index in [4.69, 9.17) is 14.7 Å². The van der Waals surface area contributed by atoms with Gasteiger partial charge in [0.15, 0.2) is 5.82 Å². The second kappa shape index (κ2) is 9.27. The van der Waals surface area contributed by atoms with E-state index >= 15 is 0 Å². The summed E-state index contributed by atoms with van der Waals surface area (Å²) in [5.74, 6) is 2.75. The number of benzene rings is 1. The maximum atomic E-state index is 13.1. The number of ether oxygens (including phenoxy) is 1. The van der Waals surface area contributed by atoms with E-state index in [0.29, 0.717) is 44.1 Å². The van der Waals surface area contributed by atoms with Gasteiger partial charge < -0.3 is 9.64 Å². The van der Waals surface area contributed by atoms with E-state index in [-0.39, 0.29) is 17.9 Å². The lowest BCUT2D eigenvalue weighted by molar-refractivity contribution is -0.132. The van der Waals surface area contributed by atoms with E-state index in [0.717, 1.165) is 41.2 Å². The highest BCUT2D eigenvalue weighted by Gasteiger charge is 2.36. The van der Waals surface area contributed by atoms with Crippen LogP contribution >= 0.6 is 0 Å². The molecule has 1 aromatic heterocycles. The fourth-order valence-electron chi connectivity index (χ4n) is 4.73. The number of aryl methyl sites for hydroxylation is 2. The standard InChI is InChI=1S/C25H32N4O3/c1-16(2)15-29-23(31)14-19-17(3)26-24(27-25(19)29)20-9-7-13-28(20)22(30)12-11-18-8-5-6-10-21(18)32-4/h5-6,8,10,16,20H,7,9,11-15H2,1-4H3/t20-/m1/s1. The number of amides is 2. The Morgan fingerprint density at radius 1 is 1.25 bits per heavy atom. The van der Waals surface area contributed by atoms with Crippen LogP contribution in [-0.2, 0) is 22.4 Å². The molecule has 0 spiro atoms. The molecular formula is C25H32N4O3. The fourth-order valence-corrected chi connectivity index (χ4v) is 4.73. The Bertz CT molecular complexity index is 1020. The van der Waals surface area contributed by atoms with E-state index in [1.165, 1.54) is 0 Å². The van der Waals surface area contributed by atoms with E-state index in [1.54, 1.807) is 12.0 Å². The van der Waals surface area contributed by atoms with Crippen molar-refractivity contribution in [1.29, 1.82) is 0 Å². The Kier molecular flexibility index (Phi) is 6.44. The fraction of sp³-hybridized carbons (Fsp3) is 0.520. The molecule has 2 aliphatic rings. The van der Waals surface area contributed by atoms with Gasteiger partial charge in [0.05, 0.1) is 19.6 Å². The molecule has 170 valence electrons. The summed E-state index contributed by atoms with van der Waals surface area (Å²) >= 11 is 0. The van der Waals surface area contributed by atoms with Crippen LogP contribution < -0.4 is 9.64 Å². The Hall–Kier alpha value is -2.96. The third kappa shape index (κ3) is 4.33. The van der Waals surface area contributed by atoms with Gasteiger partial charge >= 0.3 is 0 Å². The average molecular weight is 437 g/mol. The summed E-state index contributed by atoms with van der Waals surface area (Å²) in [6, 6.07) is 7.68. The first-order valence-electron chi connectivity index (χ1n) is 11.5. The van der Waals surface area contributed by atoms with Crippen molar-refractivity contribution in [2.75, 3.05) is 25.1 Å². The SMILES string of the molecule is COc1ccccc1CCC(=O)N1CCC[C@@H]1c1nc(C)c2c(n1)N(CC(C)C)C(=O)C2. The van der Waals surface area contributed by atoms with Crippen molar-refractivity contribution in [1.82, 2.24) is 14.9 Å². The zero-order valence-electron chi connectivity index (χ0n) is 19.4. The third-order valence-electron chi connectivity index (χ3n) is 6.31. The molecule has 3 heterocycles. The molecule has 0 bridgehead atoms. The minimum absolute atomic E-state index is 0.0828. The van der Waals surface area contributed by atoms with Crippen LogP contribution in [0.1, 0.15) is 61.8 Å². The van der Waals surface area contributed by atoms with Gasteiger partial charge in [0.25, 0.3) is 0 Å². The number of nitrogens with zero attached hydrogens (tertiary/aromatic N) is 4. The number of carbonyl (C=O) groups excluding carboxylic acids is 2. The van der Waals surface area contributed by atoms with Crippen LogP contribution in [0.4, 0.5) is 5.82 Å². The van der Waals surface area contributed by atoms with Crippen LogP contribution in [0.15, 0.2) is 24.3 Å². The van der Waals surface area contributed by atoms with Crippen LogP contribution in [0.5, 0.6) is 5.75 Å². The van der Waals surface area contributed by atoms with E-state index in [9.17, 15) is 9.59 Å². The first-order valence-corrected chi connectivity index (χ1v) is 11.5. The summed E-state index contributed by atoms with van der Waals surface area (Å²) < 4.78 is 5.42. The molecule has 32 heavy (non-hydrogen) atoms. The minimum Gasteiger partial charge on any atom is -0.496 e. The maximum absolute atomic E-state index is 13.1. The number of hydrogen-bond donors (Lipinski definition) is 0. The number of carbonyl (C=O) groups is 2. The minimum atomic E-state index is -0.138. The highest BCUT2D eigenvalue weighted by molar-refractivity contribution is 6.00. The number of para-hydroxylation sites is 1. The van der Waals surface area contributed by atoms with Gasteiger partial charge in [0, 0.05) is 30.8 Å². The Labute approximate surface area is 189 Å². The number of rotatable bonds is 7. The quantitative estimate of drug-likeness (QED) is 0.662. The van der Waals surface area contributed by atoms with Gasteiger partial charge in [-0.3, -0.25) is 14.5 Å². The molecule has 2 amide bonds. The first-order chi connectivity index (χ1) is 15.4. The summed E-state index contributed by atoms with van der Waals surface area (Å²) in [4.78, 5) is 39.0. The van der Waals surface area contributed by atoms with Crippen molar-refractivity contribution < 1.29 is 14.3 Å². The molecule has 0 saturated carbocycles. The molecule has 7 heteroatoms. The largest absolute Gasteiger partial charge is 0.496 e. The van der Waals surface area contributed by atoms with E-state index < -0.39 is 0 Å². The average Bonchev–Trinajstić information content (AvgIpc) is 3.38. The van der Waals surface area contributed by atoms with Crippen molar-refractivity contribution >= 4 is 17.6 Å². The van der Waals surface area contributed by atoms with E-state index in [1.807, 2.05) is 36.1 Å². The van der Waals surface area contributed by atoms with Crippen molar-refractivity contribution in [3.8, 4) is 5.75 Å². The second-order valence-electron chi connectivity index (χ2n) is 9.10. The third-order valence-corrected chi connectivity index (χ3v) is 6.31. The molecule has 0 unspecified atom stereocenters. The van der Waals surface area contributed by atoms with Gasteiger partial charge in [-0.1, -0.05) is 32.0 Å². The van der Waals surface area contributed by atoms with Gasteiger partial charge in [0.1, 0.15) is 11.6 Å². The van der Waals surface area contributed by atoms with Gasteiger partial charge in [-0.15, -0.1) is 0 Å². The number of methoxy groups -OCH3 is 1. The monoisotopic (exact) mass is 436 g/mol. The highest BCUT2D eigenvalue weighted by Crippen LogP contribution is 2.35. The van der Waals surface area contributed by atoms with Crippen LogP contribution in [0, 0.1) is 12.8 Å². The van der Waals surface area contributed by atoms with Gasteiger partial charge in [-0.25, -0.2) is 9.97 Å². The normalized spacial score (nSPS) is 17.9. The van der Waals surface area contributed by atoms with Crippen LogP contribution in [-0.4, -0.2) is 46.9 Å². The molecule has 0 N–H and O–H groups in total. The van der Waals surface area contributed by atoms with Crippen LogP contribution in [0.2, 0.25) is 0 Å². The van der Waals surface area contributed by atoms with Gasteiger partial charge in [-0.2, -0.15) is 0 Å². The molecule has 2 aromatic rings. The lowest BCUT2D eigenvalue weighted by Crippen LogP contribution is -2.33. The van der Waals surface area contributed by atoms with E-state index in [2.05, 4.69) is 13.8 Å². The molecule has 1 aromatic carbocycles. The molecule has 7 nitrogen and oxygen atoms in total. The molecule has 1 atom stereocenters. The van der Waals surface area contributed by atoms with Crippen molar-refractivity contribution in [2.45, 2.75) is 58.9 Å². The lowest BCUT2D eigenvalue weighted by atomic mass is 10.1. The summed E-state index contributed by atoms with van der Waals surface area (Å²) in [7, 11) is 1.65. The molecule has 0 radical (unpaired) electrons. The number of likely N-dealkylation sites (tertiary alicyclic amines) is 1. The molecular weight excluding hydrogens is 404 g/mol. The van der Waals surface area contributed by atoms with Crippen molar-refractivity contribution in [3.63, 3.8) is 0 Å². The number of aromatic nitrogens is 2. The predicted molar refractivity (Wildman–Crippen MR) is 123 cm³/mol. The summed E-state index contributed by atoms with van der Waals surface area (Å²) in [5, 5.41) is 0. The highest BCUT2D eigenvalue weighted by atomic mass is 16.5. The summed E-state index contributed by atoms with van der Waals surface area (Å²) in [6.45, 7) is 7.50. The zero-order chi connectivity index (χ0) is 22.8. The molecule has 4 rings (SSSR count). The Morgan fingerprint density at radius 2 is 2.03 bits per heavy atom. The van der Waals surface area contributed by atoms with Crippen molar-refractivity contribution in [2.24, 2.45) is 5.92 Å². The summed E-state index contributed by atoms with van der Waals surface area (Å²) in [5.41, 5.74) is 2.80. The number of fused-ring (bicyclic) bond motifs is 1. The second-order valence-corrected chi connectivity index (χ2v) is 9.10. The Morgan fingerprint density at radius 3 is 2.78 bits per heavy atom. The van der Waals surface area contributed by atoms with Crippen molar-refractivity contribution in [3.05, 3.63) is 46.9 Å². The summed E-state index contributed by atoms with van der Waals surface area (Å²) in [6.07, 6.45) is 3.18. The molecule has 1 fully saturated rings. The maximum Gasteiger partial charge on any atom is 0.232 e. The van der Waals surface area contributed by atoms with Crippen LogP contribution in [0.3, 0.4) is 0 Å². The lowest BCUT2D eigenvalue weighted by Gasteiger charge is -2.25. The molecule has 2 aliphatic heterocycles. The van der Waals surface area contributed by atoms with Gasteiger partial charge in [-0.05, 0) is 43.7 Å². The number of anilines is 1. The smallest absolute Gasteiger partial charge is 0.232 e. The molecule has 0 aliphatic carbocycles. The Balaban J connectivity index is 1.53. The zero-order valence-corrected chi connectivity index (χ0v) is 19.4. The van der Waals surface area contributed by atoms with Crippen LogP contribution in [0.25, 0.3) is 0 Å². The number of hydrogen-bond acceptors (Lipinski definition) is 5. The van der Waals surface area contributed by atoms with Gasteiger partial charge in [0.2, 0.25) is 11.8 Å². The topological polar surface area (TPSA) is 75.6 Å². The molecule has 1 saturated heterocycles. The predicted octanol–water partition coefficient (Wildman–Crippen LogP) is 3.64.